The van der Waals surface area contributed by atoms with Crippen molar-refractivity contribution in [3.05, 3.63) is 53.6 Å². The van der Waals surface area contributed by atoms with Crippen LogP contribution in [0.2, 0.25) is 5.02 Å². The molecule has 1 saturated heterocycles. The number of para-hydroxylation sites is 2. The van der Waals surface area contributed by atoms with E-state index in [0.717, 1.165) is 12.8 Å². The molecule has 6 nitrogen and oxygen atoms in total. The van der Waals surface area contributed by atoms with Crippen LogP contribution in [0.25, 0.3) is 0 Å². The van der Waals surface area contributed by atoms with Crippen molar-refractivity contribution in [1.82, 2.24) is 4.31 Å². The van der Waals surface area contributed by atoms with Gasteiger partial charge in [0.15, 0.2) is 0 Å². The van der Waals surface area contributed by atoms with Crippen LogP contribution < -0.4 is 10.1 Å². The van der Waals surface area contributed by atoms with E-state index in [1.54, 1.807) is 24.3 Å². The first kappa shape index (κ1) is 21.6. The Morgan fingerprint density at radius 2 is 1.90 bits per heavy atom. The molecule has 1 heterocycles. The molecular formula is C21H25ClN2O4S. The minimum atomic E-state index is -3.69. The second-order valence-corrected chi connectivity index (χ2v) is 9.23. The predicted molar refractivity (Wildman–Crippen MR) is 114 cm³/mol. The number of rotatable bonds is 7. The number of amides is 1. The number of sulfonamides is 1. The molecule has 0 saturated carbocycles. The van der Waals surface area contributed by atoms with Gasteiger partial charge in [0.25, 0.3) is 0 Å². The number of benzene rings is 2. The fraction of sp³-hybridized carbons (Fsp3) is 0.381. The molecule has 29 heavy (non-hydrogen) atoms. The van der Waals surface area contributed by atoms with E-state index >= 15 is 0 Å². The fourth-order valence-corrected chi connectivity index (χ4v) is 5.32. The van der Waals surface area contributed by atoms with Gasteiger partial charge in [0.2, 0.25) is 15.9 Å². The van der Waals surface area contributed by atoms with E-state index in [1.165, 1.54) is 16.4 Å². The van der Waals surface area contributed by atoms with Gasteiger partial charge >= 0.3 is 0 Å². The van der Waals surface area contributed by atoms with Gasteiger partial charge < -0.3 is 10.1 Å². The molecule has 0 bridgehead atoms. The molecule has 0 spiro atoms. The SMILES string of the molecule is CCOc1ccccc1NC(=O)C[C@H]1CCCCN1S(=O)(=O)c1ccc(Cl)cc1. The largest absolute Gasteiger partial charge is 0.492 e. The topological polar surface area (TPSA) is 75.7 Å². The van der Waals surface area contributed by atoms with Crippen LogP contribution in [-0.4, -0.2) is 37.8 Å². The highest BCUT2D eigenvalue weighted by Crippen LogP contribution is 2.29. The Morgan fingerprint density at radius 1 is 1.17 bits per heavy atom. The number of anilines is 1. The number of nitrogens with zero attached hydrogens (tertiary/aromatic N) is 1. The molecule has 0 aromatic heterocycles. The summed E-state index contributed by atoms with van der Waals surface area (Å²) in [5.74, 6) is 0.359. The lowest BCUT2D eigenvalue weighted by molar-refractivity contribution is -0.117. The first-order valence-electron chi connectivity index (χ1n) is 9.71. The molecule has 1 fully saturated rings. The Balaban J connectivity index is 1.75. The number of hydrogen-bond acceptors (Lipinski definition) is 4. The lowest BCUT2D eigenvalue weighted by Gasteiger charge is -2.34. The molecule has 0 aliphatic carbocycles. The van der Waals surface area contributed by atoms with Crippen LogP contribution in [0, 0.1) is 0 Å². The Bertz CT molecular complexity index is 947. The Morgan fingerprint density at radius 3 is 2.62 bits per heavy atom. The maximum absolute atomic E-state index is 13.1. The fourth-order valence-electron chi connectivity index (χ4n) is 3.50. The third kappa shape index (κ3) is 5.29. The van der Waals surface area contributed by atoms with Gasteiger partial charge in [-0.25, -0.2) is 8.42 Å². The number of piperidine rings is 1. The highest BCUT2D eigenvalue weighted by atomic mass is 35.5. The quantitative estimate of drug-likeness (QED) is 0.701. The van der Waals surface area contributed by atoms with E-state index in [4.69, 9.17) is 16.3 Å². The van der Waals surface area contributed by atoms with Crippen molar-refractivity contribution in [3.8, 4) is 5.75 Å². The van der Waals surface area contributed by atoms with Crippen molar-refractivity contribution in [2.24, 2.45) is 0 Å². The van der Waals surface area contributed by atoms with Crippen LogP contribution in [0.1, 0.15) is 32.6 Å². The molecule has 8 heteroatoms. The first-order valence-corrected chi connectivity index (χ1v) is 11.5. The molecule has 1 aliphatic heterocycles. The summed E-state index contributed by atoms with van der Waals surface area (Å²) in [5, 5.41) is 3.34. The molecule has 0 radical (unpaired) electrons. The van der Waals surface area contributed by atoms with Crippen LogP contribution in [0.4, 0.5) is 5.69 Å². The molecule has 1 aliphatic rings. The van der Waals surface area contributed by atoms with E-state index in [0.29, 0.717) is 36.0 Å². The number of hydrogen-bond donors (Lipinski definition) is 1. The second kappa shape index (κ2) is 9.61. The van der Waals surface area contributed by atoms with Crippen LogP contribution in [-0.2, 0) is 14.8 Å². The molecular weight excluding hydrogens is 412 g/mol. The van der Waals surface area contributed by atoms with Gasteiger partial charge in [-0.2, -0.15) is 4.31 Å². The highest BCUT2D eigenvalue weighted by Gasteiger charge is 2.34. The molecule has 2 aromatic carbocycles. The number of carbonyl (C=O) groups is 1. The van der Waals surface area contributed by atoms with Crippen LogP contribution >= 0.6 is 11.6 Å². The smallest absolute Gasteiger partial charge is 0.243 e. The van der Waals surface area contributed by atoms with Crippen LogP contribution in [0.3, 0.4) is 0 Å². The second-order valence-electron chi connectivity index (χ2n) is 6.90. The summed E-state index contributed by atoms with van der Waals surface area (Å²) in [5.41, 5.74) is 0.585. The predicted octanol–water partition coefficient (Wildman–Crippen LogP) is 4.31. The lowest BCUT2D eigenvalue weighted by Crippen LogP contribution is -2.45. The Labute approximate surface area is 176 Å². The molecule has 0 unspecified atom stereocenters. The summed E-state index contributed by atoms with van der Waals surface area (Å²) < 4.78 is 33.2. The number of halogens is 1. The molecule has 2 aromatic rings. The third-order valence-corrected chi connectivity index (χ3v) is 7.09. The standard InChI is InChI=1S/C21H25ClN2O4S/c1-2-28-20-9-4-3-8-19(20)23-21(25)15-17-7-5-6-14-24(17)29(26,27)18-12-10-16(22)11-13-18/h3-4,8-13,17H,2,5-7,14-15H2,1H3,(H,23,25)/t17-/m1/s1. The molecule has 3 rings (SSSR count). The summed E-state index contributed by atoms with van der Waals surface area (Å²) in [6, 6.07) is 12.9. The van der Waals surface area contributed by atoms with E-state index in [2.05, 4.69) is 5.32 Å². The average Bonchev–Trinajstić information content (AvgIpc) is 2.70. The van der Waals surface area contributed by atoms with Gasteiger partial charge in [0.05, 0.1) is 17.2 Å². The lowest BCUT2D eigenvalue weighted by atomic mass is 10.0. The monoisotopic (exact) mass is 436 g/mol. The Hall–Kier alpha value is -2.09. The third-order valence-electron chi connectivity index (χ3n) is 4.88. The van der Waals surface area contributed by atoms with Gasteiger partial charge in [0.1, 0.15) is 5.75 Å². The zero-order valence-corrected chi connectivity index (χ0v) is 17.9. The zero-order valence-electron chi connectivity index (χ0n) is 16.3. The number of nitrogens with one attached hydrogen (secondary N) is 1. The summed E-state index contributed by atoms with van der Waals surface area (Å²) in [4.78, 5) is 12.9. The summed E-state index contributed by atoms with van der Waals surface area (Å²) >= 11 is 5.89. The average molecular weight is 437 g/mol. The minimum Gasteiger partial charge on any atom is -0.492 e. The summed E-state index contributed by atoms with van der Waals surface area (Å²) in [6.07, 6.45) is 2.40. The molecule has 156 valence electrons. The van der Waals surface area contributed by atoms with Crippen molar-refractivity contribution < 1.29 is 17.9 Å². The molecule has 1 N–H and O–H groups in total. The maximum Gasteiger partial charge on any atom is 0.243 e. The first-order chi connectivity index (χ1) is 13.9. The summed E-state index contributed by atoms with van der Waals surface area (Å²) in [6.45, 7) is 2.77. The van der Waals surface area contributed by atoms with Gasteiger partial charge in [-0.15, -0.1) is 0 Å². The van der Waals surface area contributed by atoms with Crippen molar-refractivity contribution in [2.45, 2.75) is 43.5 Å². The zero-order chi connectivity index (χ0) is 20.9. The molecule has 1 amide bonds. The highest BCUT2D eigenvalue weighted by molar-refractivity contribution is 7.89. The maximum atomic E-state index is 13.1. The Kier molecular flexibility index (Phi) is 7.16. The van der Waals surface area contributed by atoms with Gasteiger partial charge in [-0.3, -0.25) is 4.79 Å². The van der Waals surface area contributed by atoms with E-state index in [-0.39, 0.29) is 23.3 Å². The van der Waals surface area contributed by atoms with Gasteiger partial charge in [-0.05, 0) is 56.2 Å². The van der Waals surface area contributed by atoms with E-state index in [9.17, 15) is 13.2 Å². The van der Waals surface area contributed by atoms with Crippen LogP contribution in [0.15, 0.2) is 53.4 Å². The van der Waals surface area contributed by atoms with Crippen molar-refractivity contribution in [3.63, 3.8) is 0 Å². The van der Waals surface area contributed by atoms with Crippen molar-refractivity contribution >= 4 is 33.2 Å². The van der Waals surface area contributed by atoms with Gasteiger partial charge in [0, 0.05) is 24.0 Å². The number of ether oxygens (including phenoxy) is 1. The molecule has 1 atom stereocenters. The summed E-state index contributed by atoms with van der Waals surface area (Å²) in [7, 11) is -3.69. The van der Waals surface area contributed by atoms with Gasteiger partial charge in [-0.1, -0.05) is 30.2 Å². The van der Waals surface area contributed by atoms with E-state index in [1.807, 2.05) is 19.1 Å². The normalized spacial score (nSPS) is 17.7. The van der Waals surface area contributed by atoms with Crippen molar-refractivity contribution in [2.75, 3.05) is 18.5 Å². The van der Waals surface area contributed by atoms with Crippen molar-refractivity contribution in [1.29, 1.82) is 0 Å². The van der Waals surface area contributed by atoms with E-state index < -0.39 is 10.0 Å². The van der Waals surface area contributed by atoms with Crippen LogP contribution in [0.5, 0.6) is 5.75 Å². The number of carbonyl (C=O) groups excluding carboxylic acids is 1. The minimum absolute atomic E-state index is 0.0906.